The van der Waals surface area contributed by atoms with E-state index in [0.29, 0.717) is 10.9 Å². The number of aromatic amines is 1. The number of pyridine rings is 1. The molecule has 3 heterocycles. The molecule has 7 heteroatoms. The lowest BCUT2D eigenvalue weighted by Gasteiger charge is -2.18. The highest BCUT2D eigenvalue weighted by Crippen LogP contribution is 2.33. The van der Waals surface area contributed by atoms with E-state index in [-0.39, 0.29) is 35.9 Å². The van der Waals surface area contributed by atoms with Gasteiger partial charge in [-0.3, -0.25) is 24.1 Å². The first-order valence-electron chi connectivity index (χ1n) is 8.12. The maximum Gasteiger partial charge on any atom is 0.259 e. The van der Waals surface area contributed by atoms with E-state index in [4.69, 9.17) is 0 Å². The highest BCUT2D eigenvalue weighted by atomic mass is 16.2. The number of carbonyl (C=O) groups is 3. The van der Waals surface area contributed by atoms with Gasteiger partial charge in [-0.1, -0.05) is 12.1 Å². The van der Waals surface area contributed by atoms with E-state index in [2.05, 4.69) is 4.98 Å². The second-order valence-corrected chi connectivity index (χ2v) is 6.69. The third-order valence-electron chi connectivity index (χ3n) is 5.26. The Hall–Kier alpha value is -2.96. The standard InChI is InChI=1S/C18H17N3O4/c1-9-4-3-5-10-14(9)19-6-11(15(10)22)18(25)21-7-12-13(8-21)17(24)20(2)16(12)23/h3-6,12-13H,7-8H2,1-2H3,(H,19,22)/t12-,13+. The van der Waals surface area contributed by atoms with Crippen LogP contribution in [0.15, 0.2) is 29.2 Å². The molecule has 1 aromatic heterocycles. The number of H-pyrrole nitrogens is 1. The molecule has 2 fully saturated rings. The number of para-hydroxylation sites is 1. The summed E-state index contributed by atoms with van der Waals surface area (Å²) in [5.74, 6) is -1.95. The second kappa shape index (κ2) is 5.27. The first-order chi connectivity index (χ1) is 11.9. The normalized spacial score (nSPS) is 22.8. The summed E-state index contributed by atoms with van der Waals surface area (Å²) in [5, 5.41) is 0.456. The first kappa shape index (κ1) is 15.6. The van der Waals surface area contributed by atoms with Gasteiger partial charge in [0.15, 0.2) is 0 Å². The molecule has 4 rings (SSSR count). The predicted molar refractivity (Wildman–Crippen MR) is 90.0 cm³/mol. The number of aromatic nitrogens is 1. The van der Waals surface area contributed by atoms with Gasteiger partial charge in [-0.15, -0.1) is 0 Å². The molecule has 128 valence electrons. The fourth-order valence-electron chi connectivity index (χ4n) is 3.81. The number of imide groups is 1. The van der Waals surface area contributed by atoms with E-state index in [0.717, 1.165) is 10.5 Å². The van der Waals surface area contributed by atoms with Gasteiger partial charge in [0.2, 0.25) is 17.2 Å². The lowest BCUT2D eigenvalue weighted by Crippen LogP contribution is -2.37. The summed E-state index contributed by atoms with van der Waals surface area (Å²) in [7, 11) is 1.46. The number of benzene rings is 1. The van der Waals surface area contributed by atoms with Crippen LogP contribution < -0.4 is 5.43 Å². The minimum absolute atomic E-state index is 0.0336. The Bertz CT molecular complexity index is 969. The van der Waals surface area contributed by atoms with Crippen LogP contribution in [-0.2, 0) is 9.59 Å². The molecule has 1 aromatic carbocycles. The maximum absolute atomic E-state index is 12.8. The van der Waals surface area contributed by atoms with Gasteiger partial charge in [0.05, 0.1) is 17.4 Å². The Kier molecular flexibility index (Phi) is 3.28. The molecular formula is C18H17N3O4. The number of fused-ring (bicyclic) bond motifs is 2. The Morgan fingerprint density at radius 2 is 1.76 bits per heavy atom. The fourth-order valence-corrected chi connectivity index (χ4v) is 3.81. The van der Waals surface area contributed by atoms with Gasteiger partial charge >= 0.3 is 0 Å². The van der Waals surface area contributed by atoms with Crippen LogP contribution in [0.2, 0.25) is 0 Å². The Labute approximate surface area is 143 Å². The summed E-state index contributed by atoms with van der Waals surface area (Å²) in [6.07, 6.45) is 1.42. The number of hydrogen-bond donors (Lipinski definition) is 1. The smallest absolute Gasteiger partial charge is 0.259 e. The van der Waals surface area contributed by atoms with E-state index < -0.39 is 17.7 Å². The molecule has 0 bridgehead atoms. The van der Waals surface area contributed by atoms with Crippen molar-refractivity contribution in [3.05, 3.63) is 45.7 Å². The van der Waals surface area contributed by atoms with Crippen LogP contribution in [0.4, 0.5) is 0 Å². The minimum atomic E-state index is -0.497. The molecule has 2 saturated heterocycles. The lowest BCUT2D eigenvalue weighted by molar-refractivity contribution is -0.138. The van der Waals surface area contributed by atoms with Crippen molar-refractivity contribution in [3.8, 4) is 0 Å². The van der Waals surface area contributed by atoms with Crippen LogP contribution in [0.5, 0.6) is 0 Å². The first-order valence-corrected chi connectivity index (χ1v) is 8.12. The van der Waals surface area contributed by atoms with Crippen molar-refractivity contribution in [3.63, 3.8) is 0 Å². The van der Waals surface area contributed by atoms with Crippen molar-refractivity contribution >= 4 is 28.6 Å². The zero-order valence-corrected chi connectivity index (χ0v) is 13.9. The molecule has 2 atom stereocenters. The van der Waals surface area contributed by atoms with Crippen LogP contribution in [0.25, 0.3) is 10.9 Å². The predicted octanol–water partition coefficient (Wildman–Crippen LogP) is 0.523. The van der Waals surface area contributed by atoms with Crippen molar-refractivity contribution in [1.29, 1.82) is 0 Å². The van der Waals surface area contributed by atoms with E-state index in [9.17, 15) is 19.2 Å². The summed E-state index contributed by atoms with van der Waals surface area (Å²) < 4.78 is 0. The molecule has 0 spiro atoms. The Morgan fingerprint density at radius 3 is 2.40 bits per heavy atom. The monoisotopic (exact) mass is 339 g/mol. The number of aryl methyl sites for hydroxylation is 1. The van der Waals surface area contributed by atoms with Gasteiger partial charge in [0.25, 0.3) is 5.91 Å². The molecule has 2 aliphatic heterocycles. The topological polar surface area (TPSA) is 90.6 Å². The molecule has 2 aromatic rings. The summed E-state index contributed by atoms with van der Waals surface area (Å²) in [5.41, 5.74) is 1.32. The number of rotatable bonds is 1. The average molecular weight is 339 g/mol. The van der Waals surface area contributed by atoms with E-state index in [1.54, 1.807) is 12.1 Å². The van der Waals surface area contributed by atoms with Gasteiger partial charge in [-0.25, -0.2) is 0 Å². The zero-order chi connectivity index (χ0) is 17.9. The van der Waals surface area contributed by atoms with E-state index >= 15 is 0 Å². The van der Waals surface area contributed by atoms with Crippen LogP contribution in [0, 0.1) is 18.8 Å². The number of hydrogen-bond acceptors (Lipinski definition) is 4. The highest BCUT2D eigenvalue weighted by Gasteiger charge is 2.52. The molecule has 2 aliphatic rings. The summed E-state index contributed by atoms with van der Waals surface area (Å²) in [6, 6.07) is 5.34. The highest BCUT2D eigenvalue weighted by molar-refractivity contribution is 6.07. The fraction of sp³-hybridized carbons (Fsp3) is 0.333. The molecule has 25 heavy (non-hydrogen) atoms. The zero-order valence-electron chi connectivity index (χ0n) is 13.9. The molecule has 0 saturated carbocycles. The summed E-state index contributed by atoms with van der Waals surface area (Å²) >= 11 is 0. The van der Waals surface area contributed by atoms with Gasteiger partial charge in [-0.05, 0) is 18.6 Å². The summed E-state index contributed by atoms with van der Waals surface area (Å²) in [6.45, 7) is 2.22. The van der Waals surface area contributed by atoms with Crippen LogP contribution in [-0.4, -0.2) is 52.6 Å². The van der Waals surface area contributed by atoms with Crippen molar-refractivity contribution in [2.45, 2.75) is 6.92 Å². The molecule has 0 aliphatic carbocycles. The number of amides is 3. The minimum Gasteiger partial charge on any atom is -0.360 e. The molecule has 1 N–H and O–H groups in total. The Balaban J connectivity index is 1.68. The largest absolute Gasteiger partial charge is 0.360 e. The molecule has 0 radical (unpaired) electrons. The maximum atomic E-state index is 12.8. The van der Waals surface area contributed by atoms with E-state index in [1.807, 2.05) is 13.0 Å². The van der Waals surface area contributed by atoms with Gasteiger partial charge < -0.3 is 9.88 Å². The van der Waals surface area contributed by atoms with Crippen molar-refractivity contribution in [2.24, 2.45) is 11.8 Å². The van der Waals surface area contributed by atoms with Crippen molar-refractivity contribution in [1.82, 2.24) is 14.8 Å². The number of carbonyl (C=O) groups excluding carboxylic acids is 3. The Morgan fingerprint density at radius 1 is 1.12 bits per heavy atom. The SMILES string of the molecule is Cc1cccc2c(=O)c(C(=O)N3C[C@@H]4C(=O)N(C)C(=O)[C@@H]4C3)c[nH]c12. The lowest BCUT2D eigenvalue weighted by atomic mass is 10.00. The molecular weight excluding hydrogens is 322 g/mol. The van der Waals surface area contributed by atoms with Crippen molar-refractivity contribution in [2.75, 3.05) is 20.1 Å². The van der Waals surface area contributed by atoms with Crippen molar-refractivity contribution < 1.29 is 14.4 Å². The molecule has 3 amide bonds. The number of nitrogens with zero attached hydrogens (tertiary/aromatic N) is 2. The molecule has 0 unspecified atom stereocenters. The quantitative estimate of drug-likeness (QED) is 0.767. The van der Waals surface area contributed by atoms with Crippen LogP contribution >= 0.6 is 0 Å². The summed E-state index contributed by atoms with van der Waals surface area (Å²) in [4.78, 5) is 55.2. The third-order valence-corrected chi connectivity index (χ3v) is 5.26. The molecule has 7 nitrogen and oxygen atoms in total. The number of nitrogens with one attached hydrogen (secondary N) is 1. The average Bonchev–Trinajstić information content (AvgIpc) is 3.12. The van der Waals surface area contributed by atoms with Gasteiger partial charge in [0.1, 0.15) is 5.56 Å². The van der Waals surface area contributed by atoms with Gasteiger partial charge in [-0.2, -0.15) is 0 Å². The number of likely N-dealkylation sites (tertiary alicyclic amines) is 2. The van der Waals surface area contributed by atoms with E-state index in [1.165, 1.54) is 18.1 Å². The van der Waals surface area contributed by atoms with Gasteiger partial charge in [0, 0.05) is 31.7 Å². The second-order valence-electron chi connectivity index (χ2n) is 6.69. The van der Waals surface area contributed by atoms with Crippen LogP contribution in [0.3, 0.4) is 0 Å². The van der Waals surface area contributed by atoms with Crippen LogP contribution in [0.1, 0.15) is 15.9 Å². The third kappa shape index (κ3) is 2.12.